The van der Waals surface area contributed by atoms with Crippen LogP contribution in [-0.4, -0.2) is 38.6 Å². The van der Waals surface area contributed by atoms with Gasteiger partial charge in [0.05, 0.1) is 25.1 Å². The summed E-state index contributed by atoms with van der Waals surface area (Å²) in [7, 11) is 1.57. The number of amides is 2. The van der Waals surface area contributed by atoms with Crippen LogP contribution in [0.1, 0.15) is 14.5 Å². The van der Waals surface area contributed by atoms with E-state index in [4.69, 9.17) is 9.47 Å². The molecule has 128 valence electrons. The standard InChI is InChI=1S/C17H20N2O4S/c1-12-7-8-15(24-12)17(21)19-11-16(20)18-9-10-23-14-6-4-3-5-13(14)22-2/h3-8H,9-11H2,1-2H3,(H,18,20)(H,19,21). The minimum absolute atomic E-state index is 0.0650. The zero-order valence-corrected chi connectivity index (χ0v) is 14.4. The van der Waals surface area contributed by atoms with E-state index in [1.807, 2.05) is 25.1 Å². The molecule has 2 amide bonds. The Bertz CT molecular complexity index is 699. The monoisotopic (exact) mass is 348 g/mol. The second-order valence-corrected chi connectivity index (χ2v) is 6.23. The number of benzene rings is 1. The van der Waals surface area contributed by atoms with Crippen LogP contribution < -0.4 is 20.1 Å². The lowest BCUT2D eigenvalue weighted by Gasteiger charge is -2.11. The Labute approximate surface area is 144 Å². The predicted molar refractivity (Wildman–Crippen MR) is 92.9 cm³/mol. The maximum Gasteiger partial charge on any atom is 0.261 e. The number of carbonyl (C=O) groups excluding carboxylic acids is 2. The molecule has 1 aromatic carbocycles. The van der Waals surface area contributed by atoms with E-state index in [9.17, 15) is 9.59 Å². The van der Waals surface area contributed by atoms with Crippen molar-refractivity contribution in [2.45, 2.75) is 6.92 Å². The maximum atomic E-state index is 11.8. The largest absolute Gasteiger partial charge is 0.493 e. The first kappa shape index (κ1) is 17.8. The van der Waals surface area contributed by atoms with E-state index >= 15 is 0 Å². The van der Waals surface area contributed by atoms with E-state index < -0.39 is 0 Å². The summed E-state index contributed by atoms with van der Waals surface area (Å²) < 4.78 is 10.7. The van der Waals surface area contributed by atoms with E-state index in [2.05, 4.69) is 10.6 Å². The molecule has 1 heterocycles. The van der Waals surface area contributed by atoms with Gasteiger partial charge in [0.25, 0.3) is 5.91 Å². The average Bonchev–Trinajstić information content (AvgIpc) is 3.03. The molecule has 0 radical (unpaired) electrons. The van der Waals surface area contributed by atoms with Gasteiger partial charge in [-0.25, -0.2) is 0 Å². The number of ether oxygens (including phenoxy) is 2. The van der Waals surface area contributed by atoms with Crippen molar-refractivity contribution >= 4 is 23.2 Å². The molecule has 0 aliphatic rings. The molecule has 7 heteroatoms. The second kappa shape index (κ2) is 8.93. The van der Waals surface area contributed by atoms with Crippen molar-refractivity contribution in [1.82, 2.24) is 10.6 Å². The Morgan fingerprint density at radius 2 is 1.83 bits per heavy atom. The lowest BCUT2D eigenvalue weighted by atomic mass is 10.3. The first-order valence-electron chi connectivity index (χ1n) is 7.47. The summed E-state index contributed by atoms with van der Waals surface area (Å²) >= 11 is 1.39. The molecule has 0 atom stereocenters. The quantitative estimate of drug-likeness (QED) is 0.715. The Balaban J connectivity index is 1.65. The molecule has 0 fully saturated rings. The maximum absolute atomic E-state index is 11.8. The van der Waals surface area contributed by atoms with Crippen LogP contribution in [0.15, 0.2) is 36.4 Å². The van der Waals surface area contributed by atoms with Crippen molar-refractivity contribution < 1.29 is 19.1 Å². The fraction of sp³-hybridized carbons (Fsp3) is 0.294. The van der Waals surface area contributed by atoms with E-state index in [1.165, 1.54) is 11.3 Å². The summed E-state index contributed by atoms with van der Waals surface area (Å²) in [5.41, 5.74) is 0. The van der Waals surface area contributed by atoms with Gasteiger partial charge in [0, 0.05) is 4.88 Å². The van der Waals surface area contributed by atoms with Crippen molar-refractivity contribution in [1.29, 1.82) is 0 Å². The van der Waals surface area contributed by atoms with E-state index in [1.54, 1.807) is 25.3 Å². The first-order chi connectivity index (χ1) is 11.6. The van der Waals surface area contributed by atoms with E-state index in [-0.39, 0.29) is 18.4 Å². The third-order valence-corrected chi connectivity index (χ3v) is 4.12. The predicted octanol–water partition coefficient (Wildman–Crippen LogP) is 1.99. The lowest BCUT2D eigenvalue weighted by Crippen LogP contribution is -2.38. The molecule has 6 nitrogen and oxygen atoms in total. The number of aryl methyl sites for hydroxylation is 1. The first-order valence-corrected chi connectivity index (χ1v) is 8.29. The summed E-state index contributed by atoms with van der Waals surface area (Å²) in [6.07, 6.45) is 0. The van der Waals surface area contributed by atoms with Crippen molar-refractivity contribution in [2.24, 2.45) is 0 Å². The van der Waals surface area contributed by atoms with Crippen molar-refractivity contribution in [2.75, 3.05) is 26.8 Å². The van der Waals surface area contributed by atoms with Crippen LogP contribution in [0.2, 0.25) is 0 Å². The highest BCUT2D eigenvalue weighted by Crippen LogP contribution is 2.25. The highest BCUT2D eigenvalue weighted by atomic mass is 32.1. The highest BCUT2D eigenvalue weighted by Gasteiger charge is 2.09. The summed E-state index contributed by atoms with van der Waals surface area (Å²) in [6.45, 7) is 2.51. The summed E-state index contributed by atoms with van der Waals surface area (Å²) in [4.78, 5) is 25.2. The number of hydrogen-bond donors (Lipinski definition) is 2. The molecular weight excluding hydrogens is 328 g/mol. The Kier molecular flexibility index (Phi) is 6.62. The van der Waals surface area contributed by atoms with Gasteiger partial charge in [0.1, 0.15) is 6.61 Å². The number of methoxy groups -OCH3 is 1. The number of carbonyl (C=O) groups is 2. The van der Waals surface area contributed by atoms with Gasteiger partial charge in [-0.15, -0.1) is 11.3 Å². The fourth-order valence-electron chi connectivity index (χ4n) is 1.96. The summed E-state index contributed by atoms with van der Waals surface area (Å²) in [5, 5.41) is 5.27. The van der Waals surface area contributed by atoms with Crippen LogP contribution in [0.4, 0.5) is 0 Å². The van der Waals surface area contributed by atoms with Gasteiger partial charge in [-0.3, -0.25) is 9.59 Å². The van der Waals surface area contributed by atoms with Gasteiger partial charge in [-0.05, 0) is 31.2 Å². The molecule has 24 heavy (non-hydrogen) atoms. The van der Waals surface area contributed by atoms with Crippen LogP contribution in [0.25, 0.3) is 0 Å². The van der Waals surface area contributed by atoms with Gasteiger partial charge in [-0.2, -0.15) is 0 Å². The fourth-order valence-corrected chi connectivity index (χ4v) is 2.74. The normalized spacial score (nSPS) is 10.1. The minimum atomic E-state index is -0.264. The molecule has 2 aromatic rings. The van der Waals surface area contributed by atoms with Crippen molar-refractivity contribution in [3.05, 3.63) is 46.2 Å². The van der Waals surface area contributed by atoms with Crippen LogP contribution in [0.3, 0.4) is 0 Å². The van der Waals surface area contributed by atoms with Crippen LogP contribution in [0, 0.1) is 6.92 Å². The lowest BCUT2D eigenvalue weighted by molar-refractivity contribution is -0.120. The van der Waals surface area contributed by atoms with Crippen LogP contribution in [0.5, 0.6) is 11.5 Å². The summed E-state index contributed by atoms with van der Waals surface area (Å²) in [5.74, 6) is 0.756. The van der Waals surface area contributed by atoms with Crippen molar-refractivity contribution in [3.63, 3.8) is 0 Å². The zero-order chi connectivity index (χ0) is 17.4. The van der Waals surface area contributed by atoms with Gasteiger partial charge in [0.15, 0.2) is 11.5 Å². The summed E-state index contributed by atoms with van der Waals surface area (Å²) in [6, 6.07) is 10.9. The SMILES string of the molecule is COc1ccccc1OCCNC(=O)CNC(=O)c1ccc(C)s1. The highest BCUT2D eigenvalue weighted by molar-refractivity contribution is 7.13. The Morgan fingerprint density at radius 3 is 2.50 bits per heavy atom. The molecule has 2 rings (SSSR count). The Morgan fingerprint density at radius 1 is 1.08 bits per heavy atom. The smallest absolute Gasteiger partial charge is 0.261 e. The number of rotatable bonds is 8. The van der Waals surface area contributed by atoms with E-state index in [0.717, 1.165) is 4.88 Å². The van der Waals surface area contributed by atoms with Crippen LogP contribution >= 0.6 is 11.3 Å². The van der Waals surface area contributed by atoms with Gasteiger partial charge in [0.2, 0.25) is 5.91 Å². The van der Waals surface area contributed by atoms with Gasteiger partial charge >= 0.3 is 0 Å². The van der Waals surface area contributed by atoms with Gasteiger partial charge in [-0.1, -0.05) is 12.1 Å². The van der Waals surface area contributed by atoms with Crippen molar-refractivity contribution in [3.8, 4) is 11.5 Å². The number of nitrogens with one attached hydrogen (secondary N) is 2. The number of hydrogen-bond acceptors (Lipinski definition) is 5. The number of para-hydroxylation sites is 2. The molecule has 0 unspecified atom stereocenters. The molecule has 2 N–H and O–H groups in total. The number of thiophene rings is 1. The molecule has 0 aliphatic heterocycles. The third-order valence-electron chi connectivity index (χ3n) is 3.12. The van der Waals surface area contributed by atoms with Crippen LogP contribution in [-0.2, 0) is 4.79 Å². The third kappa shape index (κ3) is 5.27. The van der Waals surface area contributed by atoms with E-state index in [0.29, 0.717) is 29.5 Å². The average molecular weight is 348 g/mol. The zero-order valence-electron chi connectivity index (χ0n) is 13.6. The molecule has 0 saturated carbocycles. The molecule has 0 bridgehead atoms. The molecule has 0 aliphatic carbocycles. The molecular formula is C17H20N2O4S. The molecule has 0 spiro atoms. The molecule has 0 saturated heterocycles. The topological polar surface area (TPSA) is 76.7 Å². The van der Waals surface area contributed by atoms with Gasteiger partial charge < -0.3 is 20.1 Å². The Hall–Kier alpha value is -2.54. The molecule has 1 aromatic heterocycles. The minimum Gasteiger partial charge on any atom is -0.493 e. The second-order valence-electron chi connectivity index (χ2n) is 4.94.